The first-order valence-electron chi connectivity index (χ1n) is 5.77. The van der Waals surface area contributed by atoms with Crippen molar-refractivity contribution >= 4 is 0 Å². The van der Waals surface area contributed by atoms with Crippen molar-refractivity contribution in [3.63, 3.8) is 0 Å². The number of rotatable bonds is 3. The van der Waals surface area contributed by atoms with E-state index in [-0.39, 0.29) is 0 Å². The molecule has 0 saturated heterocycles. The number of hydrogen-bond acceptors (Lipinski definition) is 1. The highest BCUT2D eigenvalue weighted by Gasteiger charge is 2.29. The molecule has 0 amide bonds. The van der Waals surface area contributed by atoms with E-state index in [1.807, 2.05) is 24.3 Å². The molecule has 0 bridgehead atoms. The maximum Gasteiger partial charge on any atom is 0.416 e. The molecule has 2 aromatic rings. The van der Waals surface area contributed by atoms with Gasteiger partial charge in [0.2, 0.25) is 0 Å². The zero-order valence-corrected chi connectivity index (χ0v) is 10.4. The first-order valence-corrected chi connectivity index (χ1v) is 5.77. The van der Waals surface area contributed by atoms with Crippen molar-refractivity contribution in [2.45, 2.75) is 12.8 Å². The molecule has 1 nitrogen and oxygen atoms in total. The first-order chi connectivity index (χ1) is 9.02. The molecular weight excluding hydrogens is 253 g/mol. The van der Waals surface area contributed by atoms with Crippen LogP contribution in [0.2, 0.25) is 0 Å². The molecule has 0 aliphatic heterocycles. The van der Waals surface area contributed by atoms with Crippen molar-refractivity contribution in [3.8, 4) is 11.1 Å². The Hall–Kier alpha value is -1.81. The van der Waals surface area contributed by atoms with Crippen molar-refractivity contribution in [3.05, 3.63) is 59.7 Å². The Labute approximate surface area is 109 Å². The molecule has 100 valence electrons. The van der Waals surface area contributed by atoms with Gasteiger partial charge in [0.1, 0.15) is 0 Å². The van der Waals surface area contributed by atoms with Crippen LogP contribution in [0, 0.1) is 0 Å². The Morgan fingerprint density at radius 1 is 0.947 bits per heavy atom. The van der Waals surface area contributed by atoms with Crippen LogP contribution in [-0.4, -0.2) is 7.11 Å². The summed E-state index contributed by atoms with van der Waals surface area (Å²) in [4.78, 5) is 0. The third-order valence-electron chi connectivity index (χ3n) is 2.84. The fourth-order valence-corrected chi connectivity index (χ4v) is 1.92. The number of halogens is 3. The lowest BCUT2D eigenvalue weighted by Gasteiger charge is -2.11. The normalized spacial score (nSPS) is 11.6. The van der Waals surface area contributed by atoms with Gasteiger partial charge in [0.15, 0.2) is 0 Å². The molecule has 0 fully saturated rings. The minimum atomic E-state index is -4.30. The Morgan fingerprint density at radius 2 is 1.58 bits per heavy atom. The van der Waals surface area contributed by atoms with Gasteiger partial charge < -0.3 is 4.74 Å². The van der Waals surface area contributed by atoms with Crippen LogP contribution in [0.4, 0.5) is 13.2 Å². The largest absolute Gasteiger partial charge is 0.416 e. The van der Waals surface area contributed by atoms with Gasteiger partial charge in [0, 0.05) is 7.11 Å². The van der Waals surface area contributed by atoms with Crippen LogP contribution in [0.1, 0.15) is 11.1 Å². The molecule has 0 aliphatic carbocycles. The molecular formula is C15H13F3O. The first kappa shape index (κ1) is 13.6. The molecule has 0 unspecified atom stereocenters. The topological polar surface area (TPSA) is 9.23 Å². The van der Waals surface area contributed by atoms with Crippen molar-refractivity contribution in [1.82, 2.24) is 0 Å². The Balaban J connectivity index is 2.37. The second-order valence-corrected chi connectivity index (χ2v) is 4.17. The van der Waals surface area contributed by atoms with E-state index in [1.54, 1.807) is 7.11 Å². The van der Waals surface area contributed by atoms with Crippen molar-refractivity contribution < 1.29 is 17.9 Å². The van der Waals surface area contributed by atoms with Crippen LogP contribution in [-0.2, 0) is 17.5 Å². The Bertz CT molecular complexity index is 544. The molecule has 0 saturated carbocycles. The smallest absolute Gasteiger partial charge is 0.380 e. The highest BCUT2D eigenvalue weighted by Crippen LogP contribution is 2.31. The minimum Gasteiger partial charge on any atom is -0.380 e. The monoisotopic (exact) mass is 266 g/mol. The molecule has 0 spiro atoms. The Morgan fingerprint density at radius 3 is 2.16 bits per heavy atom. The summed E-state index contributed by atoms with van der Waals surface area (Å²) in [5, 5.41) is 0. The lowest BCUT2D eigenvalue weighted by Crippen LogP contribution is -2.04. The van der Waals surface area contributed by atoms with Gasteiger partial charge in [-0.05, 0) is 28.8 Å². The average molecular weight is 266 g/mol. The van der Waals surface area contributed by atoms with Gasteiger partial charge in [-0.2, -0.15) is 13.2 Å². The SMILES string of the molecule is COCc1ccccc1-c1ccc(C(F)(F)F)cc1. The zero-order valence-electron chi connectivity index (χ0n) is 10.4. The summed E-state index contributed by atoms with van der Waals surface area (Å²) in [6.45, 7) is 0.428. The number of methoxy groups -OCH3 is 1. The third-order valence-corrected chi connectivity index (χ3v) is 2.84. The molecule has 4 heteroatoms. The summed E-state index contributed by atoms with van der Waals surface area (Å²) in [5.41, 5.74) is 1.95. The van der Waals surface area contributed by atoms with Crippen molar-refractivity contribution in [2.75, 3.05) is 7.11 Å². The number of benzene rings is 2. The Kier molecular flexibility index (Phi) is 3.90. The second kappa shape index (κ2) is 5.45. The van der Waals surface area contributed by atoms with Crippen LogP contribution in [0.15, 0.2) is 48.5 Å². The molecule has 0 radical (unpaired) electrons. The van der Waals surface area contributed by atoms with Gasteiger partial charge in [0.05, 0.1) is 12.2 Å². The number of ether oxygens (including phenoxy) is 1. The molecule has 2 rings (SSSR count). The van der Waals surface area contributed by atoms with E-state index < -0.39 is 11.7 Å². The molecule has 0 aliphatic rings. The van der Waals surface area contributed by atoms with Crippen molar-refractivity contribution in [2.24, 2.45) is 0 Å². The molecule has 0 N–H and O–H groups in total. The number of alkyl halides is 3. The van der Waals surface area contributed by atoms with Gasteiger partial charge >= 0.3 is 6.18 Å². The predicted molar refractivity (Wildman–Crippen MR) is 67.6 cm³/mol. The summed E-state index contributed by atoms with van der Waals surface area (Å²) in [7, 11) is 1.59. The van der Waals surface area contributed by atoms with E-state index in [2.05, 4.69) is 0 Å². The molecule has 0 atom stereocenters. The molecule has 0 heterocycles. The predicted octanol–water partition coefficient (Wildman–Crippen LogP) is 4.52. The van der Waals surface area contributed by atoms with E-state index in [0.717, 1.165) is 28.8 Å². The maximum absolute atomic E-state index is 12.5. The second-order valence-electron chi connectivity index (χ2n) is 4.17. The minimum absolute atomic E-state index is 0.428. The van der Waals surface area contributed by atoms with E-state index >= 15 is 0 Å². The third kappa shape index (κ3) is 3.15. The zero-order chi connectivity index (χ0) is 13.9. The van der Waals surface area contributed by atoms with Crippen LogP contribution in [0.25, 0.3) is 11.1 Å². The highest BCUT2D eigenvalue weighted by molar-refractivity contribution is 5.67. The van der Waals surface area contributed by atoms with Gasteiger partial charge in [-0.3, -0.25) is 0 Å². The van der Waals surface area contributed by atoms with Crippen LogP contribution >= 0.6 is 0 Å². The lowest BCUT2D eigenvalue weighted by molar-refractivity contribution is -0.137. The standard InChI is InChI=1S/C15H13F3O/c1-19-10-12-4-2-3-5-14(12)11-6-8-13(9-7-11)15(16,17)18/h2-9H,10H2,1H3. The van der Waals surface area contributed by atoms with Gasteiger partial charge in [-0.15, -0.1) is 0 Å². The molecule has 2 aromatic carbocycles. The summed E-state index contributed by atoms with van der Waals surface area (Å²) >= 11 is 0. The summed E-state index contributed by atoms with van der Waals surface area (Å²) < 4.78 is 42.6. The summed E-state index contributed by atoms with van der Waals surface area (Å²) in [6.07, 6.45) is -4.30. The molecule has 19 heavy (non-hydrogen) atoms. The van der Waals surface area contributed by atoms with Crippen LogP contribution < -0.4 is 0 Å². The fraction of sp³-hybridized carbons (Fsp3) is 0.200. The summed E-state index contributed by atoms with van der Waals surface area (Å²) in [6, 6.07) is 12.7. The quantitative estimate of drug-likeness (QED) is 0.793. The van der Waals surface area contributed by atoms with Gasteiger partial charge in [-0.1, -0.05) is 36.4 Å². The lowest BCUT2D eigenvalue weighted by atomic mass is 9.99. The van der Waals surface area contributed by atoms with E-state index in [4.69, 9.17) is 4.74 Å². The highest BCUT2D eigenvalue weighted by atomic mass is 19.4. The van der Waals surface area contributed by atoms with Crippen LogP contribution in [0.3, 0.4) is 0 Å². The fourth-order valence-electron chi connectivity index (χ4n) is 1.92. The van der Waals surface area contributed by atoms with Gasteiger partial charge in [0.25, 0.3) is 0 Å². The maximum atomic E-state index is 12.5. The number of hydrogen-bond donors (Lipinski definition) is 0. The van der Waals surface area contributed by atoms with E-state index in [9.17, 15) is 13.2 Å². The van der Waals surface area contributed by atoms with Gasteiger partial charge in [-0.25, -0.2) is 0 Å². The van der Waals surface area contributed by atoms with Crippen molar-refractivity contribution in [1.29, 1.82) is 0 Å². The summed E-state index contributed by atoms with van der Waals surface area (Å²) in [5.74, 6) is 0. The van der Waals surface area contributed by atoms with E-state index in [1.165, 1.54) is 12.1 Å². The van der Waals surface area contributed by atoms with Crippen LogP contribution in [0.5, 0.6) is 0 Å². The molecule has 0 aromatic heterocycles. The van der Waals surface area contributed by atoms with E-state index in [0.29, 0.717) is 6.61 Å². The average Bonchev–Trinajstić information content (AvgIpc) is 2.39.